The van der Waals surface area contributed by atoms with E-state index in [0.717, 1.165) is 202 Å². The van der Waals surface area contributed by atoms with E-state index in [2.05, 4.69) is 63.3 Å². The van der Waals surface area contributed by atoms with Gasteiger partial charge in [-0.1, -0.05) is 198 Å². The number of alkyl halides is 1. The van der Waals surface area contributed by atoms with E-state index < -0.39 is 20.9 Å². The molecule has 19 aromatic rings. The van der Waals surface area contributed by atoms with Gasteiger partial charge in [0.05, 0.1) is 115 Å². The number of rotatable bonds is 14. The van der Waals surface area contributed by atoms with Crippen molar-refractivity contribution in [2.45, 2.75) is 165 Å². The predicted octanol–water partition coefficient (Wildman–Crippen LogP) is 16.8. The number of pyridine rings is 5. The Morgan fingerprint density at radius 1 is 0.438 bits per heavy atom. The van der Waals surface area contributed by atoms with E-state index in [1.54, 1.807) is 53.6 Å². The van der Waals surface area contributed by atoms with Crippen LogP contribution in [0.2, 0.25) is 0 Å². The van der Waals surface area contributed by atoms with Gasteiger partial charge in [0, 0.05) is 24.6 Å². The molecule has 0 saturated carbocycles. The van der Waals surface area contributed by atoms with E-state index in [1.807, 2.05) is 326 Å². The Bertz CT molecular complexity index is 8130. The summed E-state index contributed by atoms with van der Waals surface area (Å²) in [6, 6.07) is 77.7. The van der Waals surface area contributed by atoms with Crippen molar-refractivity contribution in [2.75, 3.05) is 18.5 Å². The molecule has 2 fully saturated rings. The number of aldehydes is 1. The fraction of sp³-hybridized carbons (Fsp3) is 0.237. The molecule has 2 saturated heterocycles. The van der Waals surface area contributed by atoms with Crippen LogP contribution in [0.15, 0.2) is 298 Å². The van der Waals surface area contributed by atoms with Gasteiger partial charge in [0.1, 0.15) is 30.6 Å². The minimum absolute atomic E-state index is 0. The predicted molar refractivity (Wildman–Crippen MR) is 577 cm³/mol. The van der Waals surface area contributed by atoms with Crippen LogP contribution in [0.1, 0.15) is 179 Å². The van der Waals surface area contributed by atoms with Crippen LogP contribution in [-0.4, -0.2) is 115 Å². The molecule has 2 aliphatic heterocycles. The summed E-state index contributed by atoms with van der Waals surface area (Å²) in [6.07, 6.45) is 15.0. The molecule has 2 aliphatic rings. The maximum Gasteiger partial charge on any atom is 0.165 e. The summed E-state index contributed by atoms with van der Waals surface area (Å²) >= 11 is 2.20. The topological polar surface area (TPSA) is 319 Å². The van der Waals surface area contributed by atoms with E-state index in [1.165, 1.54) is 11.0 Å². The fourth-order valence-corrected chi connectivity index (χ4v) is 18.9. The second kappa shape index (κ2) is 52.9. The molecule has 0 aliphatic carbocycles. The van der Waals surface area contributed by atoms with E-state index in [9.17, 15) is 39.0 Å². The number of aromatic nitrogens is 13. The third-order valence-electron chi connectivity index (χ3n) is 25.7. The van der Waals surface area contributed by atoms with E-state index >= 15 is 0 Å². The Morgan fingerprint density at radius 2 is 0.774 bits per heavy atom. The Kier molecular flexibility index (Phi) is 41.9. The Hall–Kier alpha value is -12.2. The van der Waals surface area contributed by atoms with E-state index in [-0.39, 0.29) is 149 Å². The number of carbonyl (C=O) groups is 1. The van der Waals surface area contributed by atoms with Gasteiger partial charge < -0.3 is 50.8 Å². The SMILES string of the molecule is Cc1ccccc1-n1c(C(C)Br)cc2cccc(C)c2c1=O.Cc1ccccc1-n1c(C(C)Nc2ncnc3c2ncn3C2CCCCO2)cc2cccc(C)c2c1=O.Cc1ccccc1-n1c(C(C)O)cc2cccc(C)c2c1=O.Cc1ccccc1-n1c(C=O)cc2cccc(C)c2c1=O.Cc1ccccc1-n1c(CO)cc2cccc(C)c2c1=O.Cl.[Br-].[CH3-].[H-].[Mg+2].[Na+].[O]=[Mn]=[O].c1ncc2ncn(C3CCCCO3)c2n1. The number of aryl methyl sites for hydroxylation is 10. The molecule has 9 aromatic heterocycles. The Morgan fingerprint density at radius 3 is 1.16 bits per heavy atom. The molecule has 0 bridgehead atoms. The number of aliphatic hydroxyl groups is 2. The molecular weight excluding hydrogens is 2050 g/mol. The maximum absolute atomic E-state index is 14.0. The Labute approximate surface area is 917 Å². The Balaban J connectivity index is 0.000000197. The van der Waals surface area contributed by atoms with Crippen molar-refractivity contribution in [3.63, 3.8) is 0 Å². The van der Waals surface area contributed by atoms with Crippen molar-refractivity contribution < 1.29 is 94.9 Å². The molecule has 5 unspecified atom stereocenters. The molecule has 32 heteroatoms. The van der Waals surface area contributed by atoms with Gasteiger partial charge in [0.2, 0.25) is 0 Å². The molecule has 745 valence electrons. The van der Waals surface area contributed by atoms with Gasteiger partial charge in [-0.3, -0.25) is 60.7 Å². The number of hydrogen-bond donors (Lipinski definition) is 3. The molecular formula is C114H116Br2ClMgMnN14NaO12. The van der Waals surface area contributed by atoms with Crippen LogP contribution in [0, 0.1) is 76.7 Å². The second-order valence-corrected chi connectivity index (χ2v) is 36.9. The van der Waals surface area contributed by atoms with Crippen LogP contribution in [0.3, 0.4) is 0 Å². The van der Waals surface area contributed by atoms with Crippen LogP contribution in [0.4, 0.5) is 5.82 Å². The van der Waals surface area contributed by atoms with Crippen molar-refractivity contribution in [1.29, 1.82) is 0 Å². The van der Waals surface area contributed by atoms with Gasteiger partial charge in [-0.05, 0) is 272 Å². The molecule has 0 amide bonds. The summed E-state index contributed by atoms with van der Waals surface area (Å²) < 4.78 is 40.9. The minimum Gasteiger partial charge on any atom is -0.358 e. The number of carbonyl (C=O) groups excluding carboxylic acids is 1. The van der Waals surface area contributed by atoms with E-state index in [0.29, 0.717) is 44.6 Å². The maximum atomic E-state index is 14.0. The molecule has 5 atom stereocenters. The van der Waals surface area contributed by atoms with Crippen molar-refractivity contribution in [1.82, 2.24) is 61.9 Å². The van der Waals surface area contributed by atoms with Crippen molar-refractivity contribution in [3.8, 4) is 28.4 Å². The zero-order chi connectivity index (χ0) is 100.0. The number of imidazole rings is 2. The van der Waals surface area contributed by atoms with Gasteiger partial charge in [0.15, 0.2) is 28.9 Å². The molecule has 10 aromatic carbocycles. The average molecular weight is 2170 g/mol. The molecule has 3 N–H and O–H groups in total. The summed E-state index contributed by atoms with van der Waals surface area (Å²) in [5, 5.41) is 31.4. The van der Waals surface area contributed by atoms with Gasteiger partial charge in [-0.25, -0.2) is 29.9 Å². The molecule has 21 rings (SSSR count). The number of benzene rings is 10. The summed E-state index contributed by atoms with van der Waals surface area (Å²) in [6.45, 7) is 26.9. The van der Waals surface area contributed by atoms with E-state index in [4.69, 9.17) is 17.1 Å². The van der Waals surface area contributed by atoms with Crippen molar-refractivity contribution >= 4 is 140 Å². The zero-order valence-corrected chi connectivity index (χ0v) is 92.9. The van der Waals surface area contributed by atoms with Gasteiger partial charge in [-0.2, -0.15) is 0 Å². The quantitative estimate of drug-likeness (QED) is 0.0394. The molecule has 11 heterocycles. The molecule has 146 heavy (non-hydrogen) atoms. The first kappa shape index (κ1) is 116. The first-order chi connectivity index (χ1) is 68.2. The van der Waals surface area contributed by atoms with Crippen molar-refractivity contribution in [3.05, 3.63) is 417 Å². The number of fused-ring (bicyclic) bond motifs is 7. The minimum atomic E-state index is -1.44. The number of ether oxygens (including phenoxy) is 2. The zero-order valence-electron chi connectivity index (χ0n) is 85.3. The number of anilines is 1. The second-order valence-electron chi connectivity index (χ2n) is 35.3. The fourth-order valence-electron chi connectivity index (χ4n) is 18.6. The summed E-state index contributed by atoms with van der Waals surface area (Å²) in [4.78, 5) is 104. The first-order valence-electron chi connectivity index (χ1n) is 46.8. The van der Waals surface area contributed by atoms with Gasteiger partial charge in [-0.15, -0.1) is 12.4 Å². The van der Waals surface area contributed by atoms with Gasteiger partial charge in [0.25, 0.3) is 27.8 Å². The smallest absolute Gasteiger partial charge is 0.165 e. The van der Waals surface area contributed by atoms with Crippen LogP contribution in [0.5, 0.6) is 0 Å². The van der Waals surface area contributed by atoms with Crippen LogP contribution < -0.4 is 79.7 Å². The number of nitrogens with one attached hydrogen (secondary N) is 1. The number of halogens is 3. The third-order valence-corrected chi connectivity index (χ3v) is 26.2. The number of nitrogens with zero attached hydrogens (tertiary/aromatic N) is 13. The molecule has 0 spiro atoms. The summed E-state index contributed by atoms with van der Waals surface area (Å²) in [7, 11) is 0. The summed E-state index contributed by atoms with van der Waals surface area (Å²) in [5.74, 6) is 0.625. The van der Waals surface area contributed by atoms with Crippen LogP contribution in [0.25, 0.3) is 105 Å². The average Bonchev–Trinajstić information content (AvgIpc) is 1.53. The van der Waals surface area contributed by atoms with Crippen molar-refractivity contribution in [2.24, 2.45) is 0 Å². The van der Waals surface area contributed by atoms with Crippen LogP contribution >= 0.6 is 28.3 Å². The number of hydrogen-bond acceptors (Lipinski definition) is 19. The standard InChI is InChI=1S/C29H30N6O2.C19H18BrNO.C19H19NO2.C18H17NO2.C18H15NO2.C10H12N4O.CH3.BrH.ClH.Mg.Mn.Na.2O.H/c1-18-9-4-5-12-22(18)35-23(15-21-11-8-10-19(2)25(21)29(35)36)20(3)33-27-26-28(31-16-30-27)34(17-32-26)24-13-6-7-14-37-24;1-12-7-4-5-10-16(12)21-17(14(3)20)11-15-9-6-8-13(2)18(15)19(21)22;1-12-7-4-5-10-16(12)20-17(14(3)21)11-15-9-6-8-13(2)18(15)19(20)22;2*1-12-6-3-4-9-16(12)19-15(11-20)10-14-8-5-7-13(2)17(14)18(19)21;1-2-4-15-9(3-1)14-7-13-8-5-11-6-12-10(8)14;;;;;;;;;/h4-5,8-12,15-17,20,24H,6-7,13-14H2,1-3H3,(H,30,31,33);4-11,14H,1-3H3;4-11,14,21H,1-3H3;3-10,20H,11H2,1-2H3;3-11H,1-2H3;5-7,9H,1-4H2;1H3;2*1H;;;;;;/q;;;;;;-1;;;+2;;+1;;;-1/p-1. The normalized spacial score (nSPS) is 13.5. The van der Waals surface area contributed by atoms with Crippen LogP contribution in [-0.2, 0) is 38.6 Å². The molecule has 0 radical (unpaired) electrons. The van der Waals surface area contributed by atoms with Gasteiger partial charge >= 0.3 is 75.1 Å². The molecule has 26 nitrogen and oxygen atoms in total. The summed E-state index contributed by atoms with van der Waals surface area (Å²) in [5.41, 5.74) is 20.3. The monoisotopic (exact) mass is 2170 g/mol. The number of para-hydroxylation sites is 5. The largest absolute Gasteiger partial charge is 0.358 e. The third kappa shape index (κ3) is 25.1. The first-order valence-corrected chi connectivity index (χ1v) is 48.7. The number of aliphatic hydroxyl groups excluding tert-OH is 2.